The predicted molar refractivity (Wildman–Crippen MR) is 101 cm³/mol. The van der Waals surface area contributed by atoms with Crippen LogP contribution >= 0.6 is 0 Å². The third-order valence-electron chi connectivity index (χ3n) is 4.18. The molecule has 0 saturated carbocycles. The average molecular weight is 372 g/mol. The van der Waals surface area contributed by atoms with Crippen molar-refractivity contribution < 1.29 is 23.5 Å². The number of hydrogen-bond acceptors (Lipinski definition) is 4. The van der Waals surface area contributed by atoms with Crippen LogP contribution in [0.25, 0.3) is 0 Å². The van der Waals surface area contributed by atoms with E-state index in [-0.39, 0.29) is 19.6 Å². The molecule has 0 aliphatic heterocycles. The van der Waals surface area contributed by atoms with Crippen molar-refractivity contribution in [2.45, 2.75) is 38.3 Å². The quantitative estimate of drug-likeness (QED) is 0.466. The van der Waals surface area contributed by atoms with Crippen LogP contribution in [0.1, 0.15) is 30.9 Å². The van der Waals surface area contributed by atoms with Gasteiger partial charge in [-0.05, 0) is 11.1 Å². The Kier molecular flexibility index (Phi) is 7.99. The Bertz CT molecular complexity index is 658. The van der Waals surface area contributed by atoms with Crippen molar-refractivity contribution in [1.82, 2.24) is 0 Å². The maximum atomic E-state index is 15.1. The van der Waals surface area contributed by atoms with Crippen molar-refractivity contribution in [3.05, 3.63) is 71.8 Å². The van der Waals surface area contributed by atoms with Crippen LogP contribution in [-0.2, 0) is 31.9 Å². The Hall–Kier alpha value is -2.69. The smallest absolute Gasteiger partial charge is 0.355 e. The van der Waals surface area contributed by atoms with E-state index in [4.69, 9.17) is 9.47 Å². The minimum Gasteiger partial charge on any atom is -0.463 e. The number of rotatable bonds is 10. The van der Waals surface area contributed by atoms with Gasteiger partial charge in [0.2, 0.25) is 0 Å². The molecule has 27 heavy (non-hydrogen) atoms. The van der Waals surface area contributed by atoms with Gasteiger partial charge in [-0.2, -0.15) is 0 Å². The first kappa shape index (κ1) is 20.6. The van der Waals surface area contributed by atoms with E-state index in [2.05, 4.69) is 0 Å². The fraction of sp³-hybridized carbons (Fsp3) is 0.364. The van der Waals surface area contributed by atoms with E-state index in [1.165, 1.54) is 0 Å². The minimum atomic E-state index is -2.76. The normalized spacial score (nSPS) is 11.0. The molecular weight excluding hydrogens is 347 g/mol. The maximum Gasteiger partial charge on any atom is 0.355 e. The molecule has 2 rings (SSSR count). The van der Waals surface area contributed by atoms with Crippen LogP contribution in [0.2, 0.25) is 0 Å². The molecule has 0 saturated heterocycles. The number of alkyl halides is 1. The van der Waals surface area contributed by atoms with E-state index in [1.807, 2.05) is 60.7 Å². The largest absolute Gasteiger partial charge is 0.463 e. The fourth-order valence-electron chi connectivity index (χ4n) is 2.67. The van der Waals surface area contributed by atoms with Gasteiger partial charge in [0, 0.05) is 19.3 Å². The standard InChI is InChI=1S/C22H25FO4/c1-2-15-22(23,20(24)26-16-13-18-9-5-3-6-10-18)21(25)27-17-14-19-11-7-4-8-12-19/h3-12H,2,13-17H2,1H3. The first-order valence-electron chi connectivity index (χ1n) is 9.17. The molecule has 0 unspecified atom stereocenters. The molecule has 5 heteroatoms. The molecule has 2 aromatic carbocycles. The second kappa shape index (κ2) is 10.5. The molecule has 0 fully saturated rings. The van der Waals surface area contributed by atoms with Crippen LogP contribution < -0.4 is 0 Å². The van der Waals surface area contributed by atoms with Crippen LogP contribution in [0, 0.1) is 0 Å². The highest BCUT2D eigenvalue weighted by Gasteiger charge is 2.49. The molecule has 2 aromatic rings. The van der Waals surface area contributed by atoms with Crippen LogP contribution in [0.3, 0.4) is 0 Å². The van der Waals surface area contributed by atoms with Crippen LogP contribution in [0.4, 0.5) is 4.39 Å². The summed E-state index contributed by atoms with van der Waals surface area (Å²) in [6, 6.07) is 18.8. The molecule has 0 radical (unpaired) electrons. The molecule has 0 atom stereocenters. The molecule has 4 nitrogen and oxygen atoms in total. The zero-order valence-corrected chi connectivity index (χ0v) is 15.5. The van der Waals surface area contributed by atoms with Crippen LogP contribution in [0.15, 0.2) is 60.7 Å². The fourth-order valence-corrected chi connectivity index (χ4v) is 2.67. The highest BCUT2D eigenvalue weighted by molar-refractivity contribution is 6.03. The van der Waals surface area contributed by atoms with Crippen molar-refractivity contribution in [2.24, 2.45) is 0 Å². The number of carbonyl (C=O) groups is 2. The molecule has 0 bridgehead atoms. The van der Waals surface area contributed by atoms with E-state index in [0.717, 1.165) is 11.1 Å². The number of esters is 2. The lowest BCUT2D eigenvalue weighted by atomic mass is 10.0. The Morgan fingerprint density at radius 1 is 0.815 bits per heavy atom. The average Bonchev–Trinajstić information content (AvgIpc) is 2.69. The minimum absolute atomic E-state index is 0.00945. The molecule has 0 N–H and O–H groups in total. The summed E-state index contributed by atoms with van der Waals surface area (Å²) in [6.07, 6.45) is 0.967. The summed E-state index contributed by atoms with van der Waals surface area (Å²) in [5, 5.41) is 0. The molecule has 0 aromatic heterocycles. The Balaban J connectivity index is 1.87. The van der Waals surface area contributed by atoms with E-state index in [9.17, 15) is 9.59 Å². The third kappa shape index (κ3) is 6.20. The monoisotopic (exact) mass is 372 g/mol. The summed E-state index contributed by atoms with van der Waals surface area (Å²) in [7, 11) is 0. The lowest BCUT2D eigenvalue weighted by Gasteiger charge is -2.21. The van der Waals surface area contributed by atoms with E-state index in [0.29, 0.717) is 19.3 Å². The summed E-state index contributed by atoms with van der Waals surface area (Å²) in [4.78, 5) is 24.4. The molecule has 0 aliphatic rings. The number of carbonyl (C=O) groups excluding carboxylic acids is 2. The highest BCUT2D eigenvalue weighted by Crippen LogP contribution is 2.23. The lowest BCUT2D eigenvalue weighted by molar-refractivity contribution is -0.175. The van der Waals surface area contributed by atoms with E-state index >= 15 is 4.39 Å². The Morgan fingerprint density at radius 2 is 1.22 bits per heavy atom. The predicted octanol–water partition coefficient (Wildman–Crippen LogP) is 4.07. The molecule has 0 amide bonds. The Labute approximate surface area is 159 Å². The van der Waals surface area contributed by atoms with Gasteiger partial charge >= 0.3 is 17.6 Å². The van der Waals surface area contributed by atoms with Gasteiger partial charge in [-0.15, -0.1) is 0 Å². The highest BCUT2D eigenvalue weighted by atomic mass is 19.1. The van der Waals surface area contributed by atoms with E-state index in [1.54, 1.807) is 6.92 Å². The SMILES string of the molecule is CCCC(F)(C(=O)OCCc1ccccc1)C(=O)OCCc1ccccc1. The molecule has 0 aliphatic carbocycles. The summed E-state index contributed by atoms with van der Waals surface area (Å²) in [5.74, 6) is -2.35. The molecule has 0 heterocycles. The van der Waals surface area contributed by atoms with Crippen molar-refractivity contribution >= 4 is 11.9 Å². The van der Waals surface area contributed by atoms with Crippen molar-refractivity contribution in [1.29, 1.82) is 0 Å². The second-order valence-corrected chi connectivity index (χ2v) is 6.29. The molecular formula is C22H25FO4. The van der Waals surface area contributed by atoms with Gasteiger partial charge in [0.15, 0.2) is 0 Å². The maximum absolute atomic E-state index is 15.1. The summed E-state index contributed by atoms with van der Waals surface area (Å²) >= 11 is 0. The molecule has 0 spiro atoms. The van der Waals surface area contributed by atoms with Gasteiger partial charge in [-0.1, -0.05) is 74.0 Å². The van der Waals surface area contributed by atoms with Gasteiger partial charge in [-0.25, -0.2) is 14.0 Å². The topological polar surface area (TPSA) is 52.6 Å². The van der Waals surface area contributed by atoms with E-state index < -0.39 is 17.6 Å². The van der Waals surface area contributed by atoms with Crippen LogP contribution in [0.5, 0.6) is 0 Å². The number of ether oxygens (including phenoxy) is 2. The Morgan fingerprint density at radius 3 is 1.59 bits per heavy atom. The number of halogens is 1. The second-order valence-electron chi connectivity index (χ2n) is 6.29. The number of benzene rings is 2. The zero-order valence-electron chi connectivity index (χ0n) is 15.5. The van der Waals surface area contributed by atoms with Crippen molar-refractivity contribution in [3.63, 3.8) is 0 Å². The van der Waals surface area contributed by atoms with Crippen LogP contribution in [-0.4, -0.2) is 30.8 Å². The first-order chi connectivity index (χ1) is 13.1. The van der Waals surface area contributed by atoms with Gasteiger partial charge in [0.25, 0.3) is 0 Å². The van der Waals surface area contributed by atoms with Gasteiger partial charge in [-0.3, -0.25) is 0 Å². The summed E-state index contributed by atoms with van der Waals surface area (Å²) in [6.45, 7) is 1.72. The third-order valence-corrected chi connectivity index (χ3v) is 4.18. The van der Waals surface area contributed by atoms with Crippen molar-refractivity contribution in [2.75, 3.05) is 13.2 Å². The van der Waals surface area contributed by atoms with Gasteiger partial charge < -0.3 is 9.47 Å². The first-order valence-corrected chi connectivity index (χ1v) is 9.17. The van der Waals surface area contributed by atoms with Gasteiger partial charge in [0.1, 0.15) is 0 Å². The van der Waals surface area contributed by atoms with Gasteiger partial charge in [0.05, 0.1) is 13.2 Å². The summed E-state index contributed by atoms with van der Waals surface area (Å²) < 4.78 is 25.2. The van der Waals surface area contributed by atoms with Crippen molar-refractivity contribution in [3.8, 4) is 0 Å². The summed E-state index contributed by atoms with van der Waals surface area (Å²) in [5.41, 5.74) is -0.825. The zero-order chi connectivity index (χ0) is 19.5. The lowest BCUT2D eigenvalue weighted by Crippen LogP contribution is -2.45. The number of hydrogen-bond donors (Lipinski definition) is 0. The molecule has 144 valence electrons.